The zero-order valence-corrected chi connectivity index (χ0v) is 8.11. The monoisotopic (exact) mass is 185 g/mol. The fourth-order valence-electron chi connectivity index (χ4n) is 0.781. The molecule has 0 radical (unpaired) electrons. The summed E-state index contributed by atoms with van der Waals surface area (Å²) in [6, 6.07) is 0. The summed E-state index contributed by atoms with van der Waals surface area (Å²) in [5, 5.41) is 11.1. The minimum Gasteiger partial charge on any atom is -0.480 e. The van der Waals surface area contributed by atoms with E-state index in [1.165, 1.54) is 0 Å². The van der Waals surface area contributed by atoms with Crippen LogP contribution >= 0.6 is 0 Å². The molecule has 0 aliphatic heterocycles. The van der Waals surface area contributed by atoms with Crippen molar-refractivity contribution in [2.45, 2.75) is 26.9 Å². The Hall–Kier alpha value is -1.23. The fourth-order valence-corrected chi connectivity index (χ4v) is 0.781. The van der Waals surface area contributed by atoms with Gasteiger partial charge < -0.3 is 5.11 Å². The molecule has 2 N–H and O–H groups in total. The number of rotatable bonds is 4. The summed E-state index contributed by atoms with van der Waals surface area (Å²) in [6.45, 7) is 5.25. The van der Waals surface area contributed by atoms with Crippen molar-refractivity contribution in [3.8, 4) is 0 Å². The van der Waals surface area contributed by atoms with Crippen LogP contribution in [0.1, 0.15) is 20.8 Å². The lowest BCUT2D eigenvalue weighted by Gasteiger charge is -2.06. The van der Waals surface area contributed by atoms with Crippen LogP contribution in [0, 0.1) is 0 Å². The Morgan fingerprint density at radius 2 is 2.31 bits per heavy atom. The summed E-state index contributed by atoms with van der Waals surface area (Å²) >= 11 is 0. The van der Waals surface area contributed by atoms with Gasteiger partial charge in [-0.15, -0.1) is 0 Å². The summed E-state index contributed by atoms with van der Waals surface area (Å²) < 4.78 is 0. The zero-order valence-electron chi connectivity index (χ0n) is 8.11. The van der Waals surface area contributed by atoms with Gasteiger partial charge in [0.1, 0.15) is 5.84 Å². The molecule has 0 aliphatic carbocycles. The molecule has 0 saturated heterocycles. The predicted molar refractivity (Wildman–Crippen MR) is 52.4 cm³/mol. The van der Waals surface area contributed by atoms with Crippen LogP contribution in [-0.4, -0.2) is 35.8 Å². The molecule has 1 unspecified atom stereocenters. The average Bonchev–Trinajstić information content (AvgIpc) is 2.01. The van der Waals surface area contributed by atoms with Crippen molar-refractivity contribution >= 4 is 18.0 Å². The van der Waals surface area contributed by atoms with Crippen LogP contribution in [0.4, 0.5) is 0 Å². The van der Waals surface area contributed by atoms with Gasteiger partial charge in [-0.2, -0.15) is 0 Å². The third kappa shape index (κ3) is 7.14. The molecule has 13 heavy (non-hydrogen) atoms. The quantitative estimate of drug-likeness (QED) is 0.495. The molecule has 0 heterocycles. The third-order valence-corrected chi connectivity index (χ3v) is 1.25. The van der Waals surface area contributed by atoms with Crippen LogP contribution in [0.2, 0.25) is 0 Å². The van der Waals surface area contributed by atoms with Crippen molar-refractivity contribution in [1.29, 1.82) is 0 Å². The van der Waals surface area contributed by atoms with Gasteiger partial charge >= 0.3 is 5.97 Å². The van der Waals surface area contributed by atoms with Gasteiger partial charge in [0.2, 0.25) is 0 Å². The summed E-state index contributed by atoms with van der Waals surface area (Å²) in [7, 11) is 0. The summed E-state index contributed by atoms with van der Waals surface area (Å²) in [4.78, 5) is 18.2. The second kappa shape index (κ2) is 6.30. The second-order valence-electron chi connectivity index (χ2n) is 2.51. The van der Waals surface area contributed by atoms with E-state index in [9.17, 15) is 4.79 Å². The van der Waals surface area contributed by atoms with Crippen LogP contribution in [-0.2, 0) is 4.79 Å². The molecule has 0 aromatic rings. The smallest absolute Gasteiger partial charge is 0.317 e. The van der Waals surface area contributed by atoms with Crippen molar-refractivity contribution in [3.63, 3.8) is 0 Å². The van der Waals surface area contributed by atoms with Gasteiger partial charge in [0.15, 0.2) is 0 Å². The maximum absolute atomic E-state index is 10.2. The highest BCUT2D eigenvalue weighted by Crippen LogP contribution is 1.87. The van der Waals surface area contributed by atoms with E-state index in [-0.39, 0.29) is 12.7 Å². The molecule has 1 atom stereocenters. The molecule has 0 fully saturated rings. The lowest BCUT2D eigenvalue weighted by atomic mass is 10.5. The number of amidine groups is 1. The highest BCUT2D eigenvalue weighted by molar-refractivity contribution is 5.87. The number of nitrogens with one attached hydrogen (secondary N) is 1. The molecule has 0 bridgehead atoms. The van der Waals surface area contributed by atoms with Gasteiger partial charge in [-0.05, 0) is 20.8 Å². The average molecular weight is 185 g/mol. The lowest BCUT2D eigenvalue weighted by molar-refractivity contribution is -0.136. The van der Waals surface area contributed by atoms with Crippen LogP contribution in [0.15, 0.2) is 9.98 Å². The first-order valence-electron chi connectivity index (χ1n) is 4.04. The van der Waals surface area contributed by atoms with E-state index in [0.717, 1.165) is 0 Å². The van der Waals surface area contributed by atoms with E-state index >= 15 is 0 Å². The first kappa shape index (κ1) is 11.8. The molecule has 0 amide bonds. The van der Waals surface area contributed by atoms with Crippen molar-refractivity contribution in [2.75, 3.05) is 6.54 Å². The van der Waals surface area contributed by atoms with Gasteiger partial charge in [0.05, 0.1) is 12.7 Å². The third-order valence-electron chi connectivity index (χ3n) is 1.25. The van der Waals surface area contributed by atoms with Crippen LogP contribution in [0.5, 0.6) is 0 Å². The molecule has 74 valence electrons. The standard InChI is InChI=1S/C8H15N3O2/c1-4-9-6(2)11-7(3)10-5-8(12)13/h4,7,10H,5H2,1-3H3,(H,12,13). The molecular weight excluding hydrogens is 170 g/mol. The number of hydrogen-bond donors (Lipinski definition) is 2. The highest BCUT2D eigenvalue weighted by Gasteiger charge is 2.01. The molecule has 0 aromatic heterocycles. The number of aliphatic imine (C=N–C) groups is 2. The maximum atomic E-state index is 10.2. The van der Waals surface area contributed by atoms with Gasteiger partial charge in [-0.25, -0.2) is 4.99 Å². The van der Waals surface area contributed by atoms with Crippen LogP contribution in [0.25, 0.3) is 0 Å². The number of aliphatic carboxylic acids is 1. The number of carboxylic acids is 1. The Morgan fingerprint density at radius 3 is 2.77 bits per heavy atom. The Balaban J connectivity index is 3.91. The number of nitrogens with zero attached hydrogens (tertiary/aromatic N) is 2. The number of carbonyl (C=O) groups is 1. The first-order chi connectivity index (χ1) is 6.06. The normalized spacial score (nSPS) is 14.8. The molecule has 5 heteroatoms. The second-order valence-corrected chi connectivity index (χ2v) is 2.51. The van der Waals surface area contributed by atoms with E-state index < -0.39 is 5.97 Å². The molecule has 0 aliphatic rings. The van der Waals surface area contributed by atoms with Gasteiger partial charge in [-0.1, -0.05) is 0 Å². The summed E-state index contributed by atoms with van der Waals surface area (Å²) in [5.41, 5.74) is 0. The molecule has 0 spiro atoms. The van der Waals surface area contributed by atoms with E-state index in [4.69, 9.17) is 5.11 Å². The van der Waals surface area contributed by atoms with Gasteiger partial charge in [0, 0.05) is 6.21 Å². The Labute approximate surface area is 77.6 Å². The SMILES string of the molecule is CC=NC(C)=NC(C)NCC(=O)O. The topological polar surface area (TPSA) is 74.0 Å². The summed E-state index contributed by atoms with van der Waals surface area (Å²) in [6.07, 6.45) is 1.42. The molecular formula is C8H15N3O2. The fraction of sp³-hybridized carbons (Fsp3) is 0.625. The number of hydrogen-bond acceptors (Lipinski definition) is 3. The largest absolute Gasteiger partial charge is 0.480 e. The van der Waals surface area contributed by atoms with E-state index in [2.05, 4.69) is 15.3 Å². The minimum atomic E-state index is -0.890. The molecule has 0 saturated carbocycles. The summed E-state index contributed by atoms with van der Waals surface area (Å²) in [5.74, 6) is -0.258. The zero-order chi connectivity index (χ0) is 10.3. The lowest BCUT2D eigenvalue weighted by Crippen LogP contribution is -2.30. The highest BCUT2D eigenvalue weighted by atomic mass is 16.4. The predicted octanol–water partition coefficient (Wildman–Crippen LogP) is 0.516. The first-order valence-corrected chi connectivity index (χ1v) is 4.04. The van der Waals surface area contributed by atoms with Crippen molar-refractivity contribution in [2.24, 2.45) is 9.98 Å². The van der Waals surface area contributed by atoms with Gasteiger partial charge in [-0.3, -0.25) is 15.1 Å². The van der Waals surface area contributed by atoms with Crippen molar-refractivity contribution in [3.05, 3.63) is 0 Å². The van der Waals surface area contributed by atoms with Crippen molar-refractivity contribution < 1.29 is 9.90 Å². The Morgan fingerprint density at radius 1 is 1.69 bits per heavy atom. The Kier molecular flexibility index (Phi) is 5.71. The Bertz CT molecular complexity index is 223. The van der Waals surface area contributed by atoms with Gasteiger partial charge in [0.25, 0.3) is 0 Å². The van der Waals surface area contributed by atoms with Crippen molar-refractivity contribution in [1.82, 2.24) is 5.32 Å². The van der Waals surface area contributed by atoms with E-state index in [0.29, 0.717) is 5.84 Å². The maximum Gasteiger partial charge on any atom is 0.317 e. The molecule has 5 nitrogen and oxygen atoms in total. The van der Waals surface area contributed by atoms with Crippen LogP contribution in [0.3, 0.4) is 0 Å². The number of carboxylic acid groups (broad SMARTS) is 1. The van der Waals surface area contributed by atoms with E-state index in [1.54, 1.807) is 27.0 Å². The van der Waals surface area contributed by atoms with Crippen LogP contribution < -0.4 is 5.32 Å². The molecule has 0 rings (SSSR count). The molecule has 0 aromatic carbocycles. The van der Waals surface area contributed by atoms with E-state index in [1.807, 2.05) is 0 Å². The minimum absolute atomic E-state index is 0.0895.